The molecule has 0 amide bonds. The lowest BCUT2D eigenvalue weighted by atomic mass is 9.73. The molecule has 16 heavy (non-hydrogen) atoms. The zero-order valence-electron chi connectivity index (χ0n) is 10.2. The van der Waals surface area contributed by atoms with Crippen LogP contribution in [0.15, 0.2) is 24.3 Å². The van der Waals surface area contributed by atoms with E-state index in [0.717, 1.165) is 25.9 Å². The van der Waals surface area contributed by atoms with Crippen LogP contribution in [0.25, 0.3) is 0 Å². The van der Waals surface area contributed by atoms with E-state index in [-0.39, 0.29) is 12.0 Å². The van der Waals surface area contributed by atoms with Gasteiger partial charge in [-0.2, -0.15) is 0 Å². The van der Waals surface area contributed by atoms with Crippen molar-refractivity contribution in [3.63, 3.8) is 0 Å². The van der Waals surface area contributed by atoms with Gasteiger partial charge in [0.05, 0.1) is 6.61 Å². The van der Waals surface area contributed by atoms with Crippen molar-refractivity contribution in [3.05, 3.63) is 35.4 Å². The van der Waals surface area contributed by atoms with Gasteiger partial charge < -0.3 is 10.0 Å². The third kappa shape index (κ3) is 2.13. The molecule has 0 spiro atoms. The molecule has 1 heterocycles. The van der Waals surface area contributed by atoms with Gasteiger partial charge in [-0.3, -0.25) is 0 Å². The van der Waals surface area contributed by atoms with Gasteiger partial charge in [-0.25, -0.2) is 0 Å². The maximum absolute atomic E-state index is 9.75. The lowest BCUT2D eigenvalue weighted by molar-refractivity contribution is 0.114. The van der Waals surface area contributed by atoms with Crippen LogP contribution in [-0.2, 0) is 5.41 Å². The van der Waals surface area contributed by atoms with Crippen molar-refractivity contribution >= 4 is 0 Å². The van der Waals surface area contributed by atoms with E-state index in [2.05, 4.69) is 43.1 Å². The van der Waals surface area contributed by atoms with Gasteiger partial charge in [0.15, 0.2) is 0 Å². The Kier molecular flexibility index (Phi) is 3.31. The van der Waals surface area contributed by atoms with Gasteiger partial charge in [0, 0.05) is 5.41 Å². The molecule has 1 aliphatic heterocycles. The molecule has 1 N–H and O–H groups in total. The van der Waals surface area contributed by atoms with Crippen molar-refractivity contribution in [2.24, 2.45) is 0 Å². The number of aliphatic hydroxyl groups is 1. The molecule has 0 bridgehead atoms. The molecule has 0 aliphatic carbocycles. The minimum Gasteiger partial charge on any atom is -0.395 e. The van der Waals surface area contributed by atoms with Gasteiger partial charge in [-0.05, 0) is 45.5 Å². The first-order valence-electron chi connectivity index (χ1n) is 6.03. The summed E-state index contributed by atoms with van der Waals surface area (Å²) in [6.45, 7) is 4.54. The molecular formula is C14H21NO. The fourth-order valence-corrected chi connectivity index (χ4v) is 2.56. The number of hydrogen-bond donors (Lipinski definition) is 1. The van der Waals surface area contributed by atoms with E-state index in [0.29, 0.717) is 0 Å². The Balaban J connectivity index is 2.28. The van der Waals surface area contributed by atoms with Gasteiger partial charge in [-0.1, -0.05) is 29.8 Å². The Bertz CT molecular complexity index is 354. The quantitative estimate of drug-likeness (QED) is 0.822. The van der Waals surface area contributed by atoms with Crippen LogP contribution in [0.2, 0.25) is 0 Å². The second kappa shape index (κ2) is 4.56. The standard InChI is InChI=1S/C14H21NO/c1-12-4-3-5-13(10-12)14(11-16)6-8-15(2)9-7-14/h3-5,10,16H,6-9,11H2,1-2H3. The Hall–Kier alpha value is -0.860. The molecule has 1 aromatic carbocycles. The van der Waals surface area contributed by atoms with Crippen molar-refractivity contribution in [2.75, 3.05) is 26.7 Å². The highest BCUT2D eigenvalue weighted by Gasteiger charge is 2.34. The van der Waals surface area contributed by atoms with Crippen LogP contribution in [0.3, 0.4) is 0 Å². The van der Waals surface area contributed by atoms with Crippen LogP contribution in [-0.4, -0.2) is 36.8 Å². The molecule has 1 aromatic rings. The summed E-state index contributed by atoms with van der Waals surface area (Å²) in [7, 11) is 2.15. The summed E-state index contributed by atoms with van der Waals surface area (Å²) in [5, 5.41) is 9.75. The van der Waals surface area contributed by atoms with Crippen LogP contribution in [0.4, 0.5) is 0 Å². The average Bonchev–Trinajstić information content (AvgIpc) is 2.31. The van der Waals surface area contributed by atoms with Gasteiger partial charge >= 0.3 is 0 Å². The molecular weight excluding hydrogens is 198 g/mol. The predicted octanol–water partition coefficient (Wildman–Crippen LogP) is 1.95. The van der Waals surface area contributed by atoms with E-state index in [4.69, 9.17) is 0 Å². The molecule has 88 valence electrons. The van der Waals surface area contributed by atoms with Crippen molar-refractivity contribution < 1.29 is 5.11 Å². The molecule has 2 heteroatoms. The largest absolute Gasteiger partial charge is 0.395 e. The van der Waals surface area contributed by atoms with Crippen LogP contribution in [0.5, 0.6) is 0 Å². The molecule has 2 nitrogen and oxygen atoms in total. The summed E-state index contributed by atoms with van der Waals surface area (Å²) >= 11 is 0. The second-order valence-corrected chi connectivity index (χ2v) is 5.11. The first-order chi connectivity index (χ1) is 7.66. The summed E-state index contributed by atoms with van der Waals surface area (Å²) in [5.74, 6) is 0. The number of rotatable bonds is 2. The highest BCUT2D eigenvalue weighted by atomic mass is 16.3. The predicted molar refractivity (Wildman–Crippen MR) is 66.7 cm³/mol. The summed E-state index contributed by atoms with van der Waals surface area (Å²) in [6.07, 6.45) is 2.12. The number of aliphatic hydroxyl groups excluding tert-OH is 1. The molecule has 0 atom stereocenters. The fourth-order valence-electron chi connectivity index (χ4n) is 2.56. The van der Waals surface area contributed by atoms with Crippen molar-refractivity contribution in [3.8, 4) is 0 Å². The van der Waals surface area contributed by atoms with Crippen molar-refractivity contribution in [2.45, 2.75) is 25.2 Å². The normalized spacial score (nSPS) is 20.9. The topological polar surface area (TPSA) is 23.5 Å². The highest BCUT2D eigenvalue weighted by Crippen LogP contribution is 2.34. The number of likely N-dealkylation sites (tertiary alicyclic amines) is 1. The Morgan fingerprint density at radius 1 is 1.31 bits per heavy atom. The molecule has 0 aromatic heterocycles. The van der Waals surface area contributed by atoms with Crippen molar-refractivity contribution in [1.29, 1.82) is 0 Å². The third-order valence-corrected chi connectivity index (χ3v) is 3.88. The van der Waals surface area contributed by atoms with Gasteiger partial charge in [0.1, 0.15) is 0 Å². The molecule has 0 saturated carbocycles. The zero-order chi connectivity index (χ0) is 11.6. The van der Waals surface area contributed by atoms with E-state index >= 15 is 0 Å². The van der Waals surface area contributed by atoms with E-state index in [1.165, 1.54) is 11.1 Å². The van der Waals surface area contributed by atoms with Crippen LogP contribution in [0, 0.1) is 6.92 Å². The van der Waals surface area contributed by atoms with Crippen LogP contribution < -0.4 is 0 Å². The number of piperidine rings is 1. The highest BCUT2D eigenvalue weighted by molar-refractivity contribution is 5.30. The average molecular weight is 219 g/mol. The Labute approximate surface area is 97.9 Å². The Morgan fingerprint density at radius 3 is 2.56 bits per heavy atom. The van der Waals surface area contributed by atoms with Gasteiger partial charge in [-0.15, -0.1) is 0 Å². The van der Waals surface area contributed by atoms with E-state index in [1.54, 1.807) is 0 Å². The number of nitrogens with zero attached hydrogens (tertiary/aromatic N) is 1. The van der Waals surface area contributed by atoms with E-state index in [9.17, 15) is 5.11 Å². The first kappa shape index (κ1) is 11.6. The molecule has 1 aliphatic rings. The smallest absolute Gasteiger partial charge is 0.0528 e. The van der Waals surface area contributed by atoms with E-state index in [1.807, 2.05) is 0 Å². The van der Waals surface area contributed by atoms with Crippen LogP contribution in [0.1, 0.15) is 24.0 Å². The second-order valence-electron chi connectivity index (χ2n) is 5.11. The molecule has 1 fully saturated rings. The van der Waals surface area contributed by atoms with Crippen LogP contribution >= 0.6 is 0 Å². The maximum atomic E-state index is 9.75. The van der Waals surface area contributed by atoms with Crippen molar-refractivity contribution in [1.82, 2.24) is 4.90 Å². The SMILES string of the molecule is Cc1cccc(C2(CO)CCN(C)CC2)c1. The molecule has 1 saturated heterocycles. The summed E-state index contributed by atoms with van der Waals surface area (Å²) in [6, 6.07) is 8.60. The zero-order valence-corrected chi connectivity index (χ0v) is 10.2. The fraction of sp³-hybridized carbons (Fsp3) is 0.571. The van der Waals surface area contributed by atoms with Gasteiger partial charge in [0.2, 0.25) is 0 Å². The Morgan fingerprint density at radius 2 is 2.00 bits per heavy atom. The third-order valence-electron chi connectivity index (χ3n) is 3.88. The van der Waals surface area contributed by atoms with E-state index < -0.39 is 0 Å². The number of hydrogen-bond acceptors (Lipinski definition) is 2. The minimum absolute atomic E-state index is 0.00146. The molecule has 2 rings (SSSR count). The van der Waals surface area contributed by atoms with Gasteiger partial charge in [0.25, 0.3) is 0 Å². The minimum atomic E-state index is -0.00146. The summed E-state index contributed by atoms with van der Waals surface area (Å²) in [5.41, 5.74) is 2.59. The molecule has 0 radical (unpaired) electrons. The maximum Gasteiger partial charge on any atom is 0.0528 e. The first-order valence-corrected chi connectivity index (χ1v) is 6.03. The monoisotopic (exact) mass is 219 g/mol. The molecule has 0 unspecified atom stereocenters. The number of aryl methyl sites for hydroxylation is 1. The summed E-state index contributed by atoms with van der Waals surface area (Å²) < 4.78 is 0. The summed E-state index contributed by atoms with van der Waals surface area (Å²) in [4.78, 5) is 2.34. The lowest BCUT2D eigenvalue weighted by Crippen LogP contribution is -2.43. The number of benzene rings is 1. The lowest BCUT2D eigenvalue weighted by Gasteiger charge is -2.40.